The molecule has 2 aromatic rings. The monoisotopic (exact) mass is 397 g/mol. The largest absolute Gasteiger partial charge is 0.416 e. The highest BCUT2D eigenvalue weighted by molar-refractivity contribution is 6.29. The molecule has 2 amide bonds. The smallest absolute Gasteiger partial charge is 0.337 e. The lowest BCUT2D eigenvalue weighted by molar-refractivity contribution is -0.137. The van der Waals surface area contributed by atoms with Crippen molar-refractivity contribution in [3.05, 3.63) is 65.0 Å². The van der Waals surface area contributed by atoms with Gasteiger partial charge >= 0.3 is 6.18 Å². The Morgan fingerprint density at radius 1 is 1.11 bits per heavy atom. The molecule has 10 heteroatoms. The van der Waals surface area contributed by atoms with Crippen molar-refractivity contribution in [1.29, 1.82) is 0 Å². The maximum atomic E-state index is 13.7. The molecule has 3 rings (SSSR count). The fourth-order valence-corrected chi connectivity index (χ4v) is 2.73. The van der Waals surface area contributed by atoms with E-state index in [4.69, 9.17) is 0 Å². The van der Waals surface area contributed by atoms with Crippen LogP contribution in [0.2, 0.25) is 0 Å². The van der Waals surface area contributed by atoms with E-state index in [-0.39, 0.29) is 23.3 Å². The first kappa shape index (κ1) is 19.5. The molecule has 1 N–H and O–H groups in total. The van der Waals surface area contributed by atoms with Crippen LogP contribution in [0.15, 0.2) is 42.0 Å². The number of aromatic nitrogens is 1. The van der Waals surface area contributed by atoms with Gasteiger partial charge in [-0.2, -0.15) is 26.9 Å². The van der Waals surface area contributed by atoms with Gasteiger partial charge in [0.25, 0.3) is 11.8 Å². The predicted molar refractivity (Wildman–Crippen MR) is 88.8 cm³/mol. The Morgan fingerprint density at radius 3 is 2.32 bits per heavy atom. The Labute approximate surface area is 155 Å². The fraction of sp³-hybridized carbons (Fsp3) is 0.167. The van der Waals surface area contributed by atoms with Gasteiger partial charge < -0.3 is 10.2 Å². The van der Waals surface area contributed by atoms with E-state index in [1.807, 2.05) is 0 Å². The summed E-state index contributed by atoms with van der Waals surface area (Å²) >= 11 is 0. The minimum absolute atomic E-state index is 0.0168. The maximum absolute atomic E-state index is 13.7. The number of benzene rings is 1. The number of pyridine rings is 1. The van der Waals surface area contributed by atoms with Crippen molar-refractivity contribution in [2.75, 3.05) is 18.9 Å². The fourth-order valence-electron chi connectivity index (χ4n) is 2.73. The molecule has 0 bridgehead atoms. The molecule has 1 aromatic carbocycles. The van der Waals surface area contributed by atoms with Gasteiger partial charge in [0, 0.05) is 13.6 Å². The lowest BCUT2D eigenvalue weighted by Gasteiger charge is -2.10. The summed E-state index contributed by atoms with van der Waals surface area (Å²) in [6.45, 7) is -0.0168. The van der Waals surface area contributed by atoms with E-state index in [1.54, 1.807) is 0 Å². The van der Waals surface area contributed by atoms with Crippen LogP contribution in [-0.2, 0) is 15.8 Å². The summed E-state index contributed by atoms with van der Waals surface area (Å²) in [7, 11) is 1.41. The minimum atomic E-state index is -4.53. The molecular formula is C18H12F5N3O2. The number of hydrogen-bond acceptors (Lipinski definition) is 3. The van der Waals surface area contributed by atoms with Gasteiger partial charge in [0.2, 0.25) is 11.9 Å². The molecule has 1 aromatic heterocycles. The van der Waals surface area contributed by atoms with Crippen molar-refractivity contribution in [2.24, 2.45) is 0 Å². The van der Waals surface area contributed by atoms with Crippen molar-refractivity contribution in [3.8, 4) is 0 Å². The quantitative estimate of drug-likeness (QED) is 0.492. The van der Waals surface area contributed by atoms with Crippen LogP contribution in [0.5, 0.6) is 0 Å². The maximum Gasteiger partial charge on any atom is 0.416 e. The molecule has 0 atom stereocenters. The molecule has 1 aliphatic heterocycles. The van der Waals surface area contributed by atoms with E-state index in [2.05, 4.69) is 10.3 Å². The van der Waals surface area contributed by atoms with Crippen LogP contribution in [0, 0.1) is 11.9 Å². The number of carbonyl (C=O) groups excluding carboxylic acids is 2. The Hall–Kier alpha value is -3.30. The van der Waals surface area contributed by atoms with E-state index in [0.717, 1.165) is 36.4 Å². The van der Waals surface area contributed by atoms with Crippen LogP contribution in [-0.4, -0.2) is 35.3 Å². The molecule has 0 aliphatic carbocycles. The number of nitrogens with zero attached hydrogens (tertiary/aromatic N) is 2. The zero-order chi connectivity index (χ0) is 20.6. The van der Waals surface area contributed by atoms with Gasteiger partial charge in [0.1, 0.15) is 5.57 Å². The molecule has 0 saturated carbocycles. The number of carbonyl (C=O) groups is 2. The third-order valence-electron chi connectivity index (χ3n) is 4.11. The zero-order valence-electron chi connectivity index (χ0n) is 14.3. The van der Waals surface area contributed by atoms with Crippen molar-refractivity contribution in [3.63, 3.8) is 0 Å². The van der Waals surface area contributed by atoms with Gasteiger partial charge in [-0.15, -0.1) is 0 Å². The second kappa shape index (κ2) is 7.02. The highest BCUT2D eigenvalue weighted by Gasteiger charge is 2.35. The Bertz CT molecular complexity index is 984. The Balaban J connectivity index is 1.97. The van der Waals surface area contributed by atoms with Gasteiger partial charge in [-0.05, 0) is 35.4 Å². The number of nitrogens with one attached hydrogen (secondary N) is 1. The van der Waals surface area contributed by atoms with Crippen molar-refractivity contribution in [1.82, 2.24) is 9.88 Å². The topological polar surface area (TPSA) is 62.3 Å². The number of rotatable bonds is 3. The van der Waals surface area contributed by atoms with Gasteiger partial charge in [0.05, 0.1) is 11.3 Å². The lowest BCUT2D eigenvalue weighted by Crippen LogP contribution is -2.27. The first-order valence-electron chi connectivity index (χ1n) is 7.87. The highest BCUT2D eigenvalue weighted by atomic mass is 19.4. The molecule has 2 heterocycles. The number of halogens is 5. The summed E-state index contributed by atoms with van der Waals surface area (Å²) in [6.07, 6.45) is -4.53. The summed E-state index contributed by atoms with van der Waals surface area (Å²) in [4.78, 5) is 29.0. The lowest BCUT2D eigenvalue weighted by atomic mass is 10.00. The zero-order valence-corrected chi connectivity index (χ0v) is 14.3. The van der Waals surface area contributed by atoms with Gasteiger partial charge in [0.15, 0.2) is 0 Å². The first-order chi connectivity index (χ1) is 13.1. The molecule has 28 heavy (non-hydrogen) atoms. The summed E-state index contributed by atoms with van der Waals surface area (Å²) in [5.41, 5.74) is -1.22. The number of anilines is 1. The van der Waals surface area contributed by atoms with E-state index >= 15 is 0 Å². The number of alkyl halides is 3. The van der Waals surface area contributed by atoms with Crippen LogP contribution in [0.4, 0.5) is 27.6 Å². The van der Waals surface area contributed by atoms with Crippen LogP contribution in [0.25, 0.3) is 5.57 Å². The summed E-state index contributed by atoms with van der Waals surface area (Å²) < 4.78 is 64.7. The molecule has 0 spiro atoms. The normalized spacial score (nSPS) is 14.6. The third kappa shape index (κ3) is 3.71. The molecule has 0 saturated heterocycles. The van der Waals surface area contributed by atoms with Crippen LogP contribution in [0.3, 0.4) is 0 Å². The van der Waals surface area contributed by atoms with E-state index in [9.17, 15) is 31.5 Å². The van der Waals surface area contributed by atoms with Crippen LogP contribution in [0.1, 0.15) is 11.1 Å². The SMILES string of the molecule is CN1CC(c2ccc(C(F)(F)F)cc2)=C(C(=O)Nc2ccc(F)nc2F)C1=O. The molecule has 5 nitrogen and oxygen atoms in total. The molecule has 0 unspecified atom stereocenters. The Kier molecular flexibility index (Phi) is 4.88. The average molecular weight is 397 g/mol. The number of amides is 2. The van der Waals surface area contributed by atoms with Crippen LogP contribution < -0.4 is 5.32 Å². The molecule has 1 aliphatic rings. The standard InChI is InChI=1S/C18H12F5N3O2/c1-26-8-11(9-2-4-10(5-3-9)18(21,22)23)14(17(26)28)16(27)24-12-6-7-13(19)25-15(12)20/h2-7H,8H2,1H3,(H,24,27). The molecule has 0 radical (unpaired) electrons. The van der Waals surface area contributed by atoms with Crippen molar-refractivity contribution in [2.45, 2.75) is 6.18 Å². The van der Waals surface area contributed by atoms with E-state index < -0.39 is 41.1 Å². The Morgan fingerprint density at radius 2 is 1.75 bits per heavy atom. The summed E-state index contributed by atoms with van der Waals surface area (Å²) in [6, 6.07) is 5.74. The van der Waals surface area contributed by atoms with Gasteiger partial charge in [-0.25, -0.2) is 0 Å². The molecule has 0 fully saturated rings. The second-order valence-corrected chi connectivity index (χ2v) is 6.02. The summed E-state index contributed by atoms with van der Waals surface area (Å²) in [5, 5.41) is 2.14. The first-order valence-corrected chi connectivity index (χ1v) is 7.87. The molecule has 146 valence electrons. The minimum Gasteiger partial charge on any atom is -0.337 e. The van der Waals surface area contributed by atoms with E-state index in [1.165, 1.54) is 11.9 Å². The van der Waals surface area contributed by atoms with Crippen LogP contribution >= 0.6 is 0 Å². The van der Waals surface area contributed by atoms with Crippen molar-refractivity contribution >= 4 is 23.1 Å². The number of likely N-dealkylation sites (N-methyl/N-ethyl adjacent to an activating group) is 1. The second-order valence-electron chi connectivity index (χ2n) is 6.02. The average Bonchev–Trinajstić information content (AvgIpc) is 2.92. The molecular weight excluding hydrogens is 385 g/mol. The van der Waals surface area contributed by atoms with E-state index in [0.29, 0.717) is 0 Å². The summed E-state index contributed by atoms with van der Waals surface area (Å²) in [5.74, 6) is -4.01. The third-order valence-corrected chi connectivity index (χ3v) is 4.11. The van der Waals surface area contributed by atoms with Gasteiger partial charge in [-0.3, -0.25) is 9.59 Å². The van der Waals surface area contributed by atoms with Gasteiger partial charge in [-0.1, -0.05) is 12.1 Å². The predicted octanol–water partition coefficient (Wildman–Crippen LogP) is 3.24. The highest BCUT2D eigenvalue weighted by Crippen LogP contribution is 2.32. The van der Waals surface area contributed by atoms with Crippen molar-refractivity contribution < 1.29 is 31.5 Å². The number of hydrogen-bond donors (Lipinski definition) is 1.